The molecule has 96 valence electrons. The zero-order valence-corrected chi connectivity index (χ0v) is 11.7. The van der Waals surface area contributed by atoms with Crippen LogP contribution in [0.2, 0.25) is 5.02 Å². The summed E-state index contributed by atoms with van der Waals surface area (Å²) in [7, 11) is 0. The first kappa shape index (κ1) is 12.6. The van der Waals surface area contributed by atoms with Gasteiger partial charge in [-0.1, -0.05) is 41.9 Å². The molecule has 0 aromatic heterocycles. The predicted octanol–water partition coefficient (Wildman–Crippen LogP) is 4.12. The minimum Gasteiger partial charge on any atom is -0.295 e. The first-order valence-electron chi connectivity index (χ1n) is 6.00. The van der Waals surface area contributed by atoms with Gasteiger partial charge >= 0.3 is 0 Å². The van der Waals surface area contributed by atoms with Crippen molar-refractivity contribution in [2.24, 2.45) is 0 Å². The van der Waals surface area contributed by atoms with Crippen molar-refractivity contribution in [3.63, 3.8) is 0 Å². The summed E-state index contributed by atoms with van der Waals surface area (Å²) in [5.74, 6) is 0.646. The molecule has 0 bridgehead atoms. The number of anilines is 1. The first-order valence-corrected chi connectivity index (χ1v) is 7.42. The Labute approximate surface area is 121 Å². The highest BCUT2D eigenvalue weighted by Gasteiger charge is 2.33. The second-order valence-corrected chi connectivity index (χ2v) is 5.82. The number of carbonyl (C=O) groups is 1. The number of benzene rings is 2. The fourth-order valence-corrected chi connectivity index (χ4v) is 3.56. The third-order valence-electron chi connectivity index (χ3n) is 3.04. The Bertz CT molecular complexity index is 602. The lowest BCUT2D eigenvalue weighted by molar-refractivity contribution is -0.115. The topological polar surface area (TPSA) is 20.3 Å². The maximum atomic E-state index is 12.1. The van der Waals surface area contributed by atoms with Crippen LogP contribution in [0.3, 0.4) is 0 Å². The molecule has 2 nitrogen and oxygen atoms in total. The van der Waals surface area contributed by atoms with E-state index in [-0.39, 0.29) is 11.3 Å². The van der Waals surface area contributed by atoms with Crippen LogP contribution in [-0.4, -0.2) is 11.7 Å². The van der Waals surface area contributed by atoms with Crippen molar-refractivity contribution in [3.8, 4) is 0 Å². The number of amides is 1. The Balaban J connectivity index is 1.99. The van der Waals surface area contributed by atoms with Gasteiger partial charge in [0.15, 0.2) is 0 Å². The Hall–Kier alpha value is -1.45. The lowest BCUT2D eigenvalue weighted by Gasteiger charge is -2.24. The molecule has 0 N–H and O–H groups in total. The first-order chi connectivity index (χ1) is 9.25. The number of carbonyl (C=O) groups excluding carboxylic acids is 1. The van der Waals surface area contributed by atoms with Crippen molar-refractivity contribution in [3.05, 3.63) is 65.2 Å². The van der Waals surface area contributed by atoms with Crippen molar-refractivity contribution in [2.75, 3.05) is 10.7 Å². The Kier molecular flexibility index (Phi) is 3.49. The van der Waals surface area contributed by atoms with Crippen LogP contribution >= 0.6 is 23.4 Å². The van der Waals surface area contributed by atoms with Crippen molar-refractivity contribution in [1.82, 2.24) is 0 Å². The van der Waals surface area contributed by atoms with E-state index in [1.807, 2.05) is 59.5 Å². The highest BCUT2D eigenvalue weighted by atomic mass is 35.5. The highest BCUT2D eigenvalue weighted by Crippen LogP contribution is 2.41. The monoisotopic (exact) mass is 289 g/mol. The fraction of sp³-hybridized carbons (Fsp3) is 0.133. The van der Waals surface area contributed by atoms with Crippen LogP contribution < -0.4 is 4.90 Å². The molecule has 0 spiro atoms. The third-order valence-corrected chi connectivity index (χ3v) is 4.48. The van der Waals surface area contributed by atoms with Crippen LogP contribution in [0, 0.1) is 0 Å². The van der Waals surface area contributed by atoms with E-state index < -0.39 is 0 Å². The van der Waals surface area contributed by atoms with Crippen LogP contribution in [0.4, 0.5) is 5.69 Å². The number of hydrogen-bond donors (Lipinski definition) is 0. The molecular formula is C15H12ClNOS. The fourth-order valence-electron chi connectivity index (χ4n) is 2.20. The summed E-state index contributed by atoms with van der Waals surface area (Å²) in [4.78, 5) is 14.0. The van der Waals surface area contributed by atoms with E-state index >= 15 is 0 Å². The Morgan fingerprint density at radius 3 is 2.63 bits per heavy atom. The second kappa shape index (κ2) is 5.27. The van der Waals surface area contributed by atoms with Crippen LogP contribution in [-0.2, 0) is 4.79 Å². The Morgan fingerprint density at radius 2 is 1.89 bits per heavy atom. The van der Waals surface area contributed by atoms with E-state index in [0.29, 0.717) is 10.8 Å². The van der Waals surface area contributed by atoms with Gasteiger partial charge in [0.05, 0.1) is 5.75 Å². The van der Waals surface area contributed by atoms with Crippen LogP contribution in [0.1, 0.15) is 10.9 Å². The summed E-state index contributed by atoms with van der Waals surface area (Å²) in [6, 6.07) is 17.5. The molecular weight excluding hydrogens is 278 g/mol. The Morgan fingerprint density at radius 1 is 1.11 bits per heavy atom. The largest absolute Gasteiger partial charge is 0.295 e. The normalized spacial score (nSPS) is 18.9. The minimum absolute atomic E-state index is 0.00796. The zero-order valence-electron chi connectivity index (χ0n) is 10.1. The van der Waals surface area contributed by atoms with Gasteiger partial charge in [0.25, 0.3) is 0 Å². The molecule has 1 fully saturated rings. The summed E-state index contributed by atoms with van der Waals surface area (Å²) in [5.41, 5.74) is 2.00. The SMILES string of the molecule is O=C1CSC(c2cccc(Cl)c2)N1c1ccccc1. The molecule has 1 unspecified atom stereocenters. The maximum absolute atomic E-state index is 12.1. The molecule has 1 aliphatic rings. The number of thioether (sulfide) groups is 1. The average molecular weight is 290 g/mol. The van der Waals surface area contributed by atoms with E-state index in [1.165, 1.54) is 0 Å². The van der Waals surface area contributed by atoms with Gasteiger partial charge in [0, 0.05) is 10.7 Å². The lowest BCUT2D eigenvalue weighted by atomic mass is 10.2. The summed E-state index contributed by atoms with van der Waals surface area (Å²) >= 11 is 7.67. The molecule has 4 heteroatoms. The molecule has 1 heterocycles. The molecule has 0 radical (unpaired) electrons. The van der Waals surface area contributed by atoms with Crippen LogP contribution in [0.25, 0.3) is 0 Å². The summed E-state index contributed by atoms with van der Waals surface area (Å²) < 4.78 is 0. The molecule has 1 amide bonds. The molecule has 0 saturated carbocycles. The van der Waals surface area contributed by atoms with Crippen molar-refractivity contribution >= 4 is 35.0 Å². The van der Waals surface area contributed by atoms with Gasteiger partial charge in [0.1, 0.15) is 5.37 Å². The number of rotatable bonds is 2. The van der Waals surface area contributed by atoms with E-state index in [9.17, 15) is 4.79 Å². The maximum Gasteiger partial charge on any atom is 0.238 e. The van der Waals surface area contributed by atoms with E-state index in [2.05, 4.69) is 0 Å². The van der Waals surface area contributed by atoms with Gasteiger partial charge < -0.3 is 0 Å². The highest BCUT2D eigenvalue weighted by molar-refractivity contribution is 8.00. The van der Waals surface area contributed by atoms with Crippen molar-refractivity contribution in [2.45, 2.75) is 5.37 Å². The van der Waals surface area contributed by atoms with E-state index in [0.717, 1.165) is 11.3 Å². The van der Waals surface area contributed by atoms with Crippen molar-refractivity contribution in [1.29, 1.82) is 0 Å². The van der Waals surface area contributed by atoms with Crippen LogP contribution in [0.5, 0.6) is 0 Å². The average Bonchev–Trinajstić information content (AvgIpc) is 2.82. The number of hydrogen-bond acceptors (Lipinski definition) is 2. The second-order valence-electron chi connectivity index (χ2n) is 4.32. The van der Waals surface area contributed by atoms with Crippen LogP contribution in [0.15, 0.2) is 54.6 Å². The molecule has 19 heavy (non-hydrogen) atoms. The predicted molar refractivity (Wildman–Crippen MR) is 80.6 cm³/mol. The molecule has 2 aromatic rings. The minimum atomic E-state index is 0.00796. The lowest BCUT2D eigenvalue weighted by Crippen LogP contribution is -2.27. The number of para-hydroxylation sites is 1. The molecule has 1 aliphatic heterocycles. The molecule has 3 rings (SSSR count). The zero-order chi connectivity index (χ0) is 13.2. The van der Waals surface area contributed by atoms with E-state index in [4.69, 9.17) is 11.6 Å². The smallest absolute Gasteiger partial charge is 0.238 e. The van der Waals surface area contributed by atoms with Crippen molar-refractivity contribution < 1.29 is 4.79 Å². The van der Waals surface area contributed by atoms with E-state index in [1.54, 1.807) is 11.8 Å². The number of halogens is 1. The van der Waals surface area contributed by atoms with Gasteiger partial charge in [-0.15, -0.1) is 11.8 Å². The van der Waals surface area contributed by atoms with Gasteiger partial charge in [0.2, 0.25) is 5.91 Å². The molecule has 2 aromatic carbocycles. The standard InChI is InChI=1S/C15H12ClNOS/c16-12-6-4-5-11(9-12)15-17(14(18)10-19-15)13-7-2-1-3-8-13/h1-9,15H,10H2. The molecule has 0 aliphatic carbocycles. The summed E-state index contributed by atoms with van der Waals surface area (Å²) in [5, 5.41) is 0.707. The van der Waals surface area contributed by atoms with Gasteiger partial charge in [-0.05, 0) is 29.8 Å². The molecule has 1 saturated heterocycles. The summed E-state index contributed by atoms with van der Waals surface area (Å²) in [6.07, 6.45) is 0. The quantitative estimate of drug-likeness (QED) is 0.829. The third kappa shape index (κ3) is 2.48. The molecule has 1 atom stereocenters. The van der Waals surface area contributed by atoms with Gasteiger partial charge in [-0.3, -0.25) is 9.69 Å². The van der Waals surface area contributed by atoms with Gasteiger partial charge in [-0.25, -0.2) is 0 Å². The van der Waals surface area contributed by atoms with Gasteiger partial charge in [-0.2, -0.15) is 0 Å². The number of nitrogens with zero attached hydrogens (tertiary/aromatic N) is 1. The summed E-state index contributed by atoms with van der Waals surface area (Å²) in [6.45, 7) is 0.